The van der Waals surface area contributed by atoms with Gasteiger partial charge in [-0.3, -0.25) is 9.97 Å². The van der Waals surface area contributed by atoms with Crippen molar-refractivity contribution < 1.29 is 19.4 Å². The Morgan fingerprint density at radius 3 is 2.26 bits per heavy atom. The molecule has 0 radical (unpaired) electrons. The van der Waals surface area contributed by atoms with Crippen LogP contribution in [0.3, 0.4) is 0 Å². The van der Waals surface area contributed by atoms with Crippen LogP contribution in [0.15, 0.2) is 42.7 Å². The van der Waals surface area contributed by atoms with Crippen molar-refractivity contribution in [2.75, 3.05) is 43.1 Å². The highest BCUT2D eigenvalue weighted by Crippen LogP contribution is 2.43. The first kappa shape index (κ1) is 32.3. The van der Waals surface area contributed by atoms with Crippen molar-refractivity contribution in [3.05, 3.63) is 65.1 Å². The number of carboxylic acids is 1. The molecule has 43 heavy (non-hydrogen) atoms. The van der Waals surface area contributed by atoms with Crippen molar-refractivity contribution in [1.82, 2.24) is 9.97 Å². The molecule has 4 rings (SSSR count). The molecule has 1 atom stereocenters. The lowest BCUT2D eigenvalue weighted by atomic mass is 9.82. The molecule has 0 unspecified atom stereocenters. The van der Waals surface area contributed by atoms with E-state index in [9.17, 15) is 9.90 Å². The fourth-order valence-corrected chi connectivity index (χ4v) is 5.58. The van der Waals surface area contributed by atoms with Crippen LogP contribution in [0.5, 0.6) is 5.75 Å². The summed E-state index contributed by atoms with van der Waals surface area (Å²) in [6.45, 7) is 19.1. The zero-order chi connectivity index (χ0) is 31.5. The van der Waals surface area contributed by atoms with E-state index in [1.54, 1.807) is 0 Å². The predicted octanol–water partition coefficient (Wildman–Crippen LogP) is 7.15. The summed E-state index contributed by atoms with van der Waals surface area (Å²) >= 11 is 0. The molecule has 0 aliphatic carbocycles. The first-order valence-electron chi connectivity index (χ1n) is 15.2. The molecule has 1 fully saturated rings. The van der Waals surface area contributed by atoms with Crippen molar-refractivity contribution in [3.8, 4) is 17.0 Å². The van der Waals surface area contributed by atoms with Crippen molar-refractivity contribution >= 4 is 17.3 Å². The summed E-state index contributed by atoms with van der Waals surface area (Å²) in [4.78, 5) is 26.6. The Balaban J connectivity index is 1.65. The Morgan fingerprint density at radius 2 is 1.70 bits per heavy atom. The summed E-state index contributed by atoms with van der Waals surface area (Å²) in [5.41, 5.74) is 6.49. The second-order valence-corrected chi connectivity index (χ2v) is 13.5. The third kappa shape index (κ3) is 7.85. The minimum atomic E-state index is -1.15. The van der Waals surface area contributed by atoms with E-state index in [2.05, 4.69) is 54.6 Å². The number of carbonyl (C=O) groups is 1. The number of anilines is 2. The van der Waals surface area contributed by atoms with Crippen LogP contribution in [0, 0.1) is 26.2 Å². The van der Waals surface area contributed by atoms with Crippen LogP contribution in [0.1, 0.15) is 75.9 Å². The molecule has 0 spiro atoms. The number of carboxylic acid groups (broad SMARTS) is 1. The summed E-state index contributed by atoms with van der Waals surface area (Å²) < 4.78 is 12.3. The van der Waals surface area contributed by atoms with Gasteiger partial charge < -0.3 is 24.4 Å². The van der Waals surface area contributed by atoms with Crippen LogP contribution < -0.4 is 14.5 Å². The number of rotatable bonds is 10. The Kier molecular flexibility index (Phi) is 9.70. The molecule has 0 amide bonds. The number of ether oxygens (including phenoxy) is 2. The summed E-state index contributed by atoms with van der Waals surface area (Å²) in [5.74, 6) is -0.0839. The van der Waals surface area contributed by atoms with Gasteiger partial charge in [-0.1, -0.05) is 32.0 Å². The monoisotopic (exact) mass is 588 g/mol. The van der Waals surface area contributed by atoms with E-state index in [1.807, 2.05) is 65.3 Å². The first-order chi connectivity index (χ1) is 20.2. The smallest absolute Gasteiger partial charge is 0.337 e. The summed E-state index contributed by atoms with van der Waals surface area (Å²) in [5, 5.41) is 10.4. The van der Waals surface area contributed by atoms with E-state index in [4.69, 9.17) is 14.5 Å². The van der Waals surface area contributed by atoms with Gasteiger partial charge in [-0.2, -0.15) is 0 Å². The Bertz CT molecular complexity index is 1400. The quantitative estimate of drug-likeness (QED) is 0.267. The highest BCUT2D eigenvalue weighted by atomic mass is 16.5. The van der Waals surface area contributed by atoms with Gasteiger partial charge >= 0.3 is 5.97 Å². The Labute approximate surface area is 257 Å². The number of piperidine rings is 1. The lowest BCUT2D eigenvalue weighted by Crippen LogP contribution is -2.39. The lowest BCUT2D eigenvalue weighted by Gasteiger charge is -2.40. The van der Waals surface area contributed by atoms with Gasteiger partial charge in [0.15, 0.2) is 6.10 Å². The van der Waals surface area contributed by atoms with Crippen LogP contribution in [0.2, 0.25) is 0 Å². The predicted molar refractivity (Wildman–Crippen MR) is 173 cm³/mol. The second kappa shape index (κ2) is 12.9. The van der Waals surface area contributed by atoms with Crippen LogP contribution in [0.25, 0.3) is 11.3 Å². The van der Waals surface area contributed by atoms with Crippen molar-refractivity contribution in [2.24, 2.45) is 5.41 Å². The van der Waals surface area contributed by atoms with Crippen LogP contribution in [-0.4, -0.2) is 59.9 Å². The SMILES string of the molecule is Cc1cccc(C)c1OCCN(C)c1ccc(-c2cnc(C)c([C@H](OC(C)(C)C)C(=O)O)c2N2CCC(C)(C)CC2)nc1. The maximum absolute atomic E-state index is 12.6. The Morgan fingerprint density at radius 1 is 1.05 bits per heavy atom. The van der Waals surface area contributed by atoms with Crippen LogP contribution in [-0.2, 0) is 9.53 Å². The second-order valence-electron chi connectivity index (χ2n) is 13.5. The van der Waals surface area contributed by atoms with Gasteiger partial charge in [-0.15, -0.1) is 0 Å². The largest absolute Gasteiger partial charge is 0.491 e. The number of hydrogen-bond acceptors (Lipinski definition) is 7. The molecular formula is C35H48N4O4. The summed E-state index contributed by atoms with van der Waals surface area (Å²) in [6, 6.07) is 10.2. The number of aromatic nitrogens is 2. The number of aliphatic carboxylic acids is 1. The number of aryl methyl sites for hydroxylation is 3. The summed E-state index contributed by atoms with van der Waals surface area (Å²) in [6.07, 6.45) is 4.55. The van der Waals surface area contributed by atoms with E-state index in [1.165, 1.54) is 0 Å². The maximum atomic E-state index is 12.6. The van der Waals surface area contributed by atoms with Crippen molar-refractivity contribution in [2.45, 2.75) is 79.9 Å². The molecule has 0 saturated carbocycles. The summed E-state index contributed by atoms with van der Waals surface area (Å²) in [7, 11) is 2.03. The molecule has 0 bridgehead atoms. The number of benzene rings is 1. The normalized spacial score (nSPS) is 15.7. The molecule has 1 N–H and O–H groups in total. The molecule has 1 aliphatic heterocycles. The first-order valence-corrected chi connectivity index (χ1v) is 15.2. The number of pyridine rings is 2. The van der Waals surface area contributed by atoms with Crippen molar-refractivity contribution in [1.29, 1.82) is 0 Å². The number of likely N-dealkylation sites (N-methyl/N-ethyl adjacent to an activating group) is 1. The van der Waals surface area contributed by atoms with E-state index >= 15 is 0 Å². The zero-order valence-electron chi connectivity index (χ0n) is 27.3. The third-order valence-corrected chi connectivity index (χ3v) is 8.22. The highest BCUT2D eigenvalue weighted by molar-refractivity contribution is 5.85. The van der Waals surface area contributed by atoms with E-state index in [0.717, 1.165) is 65.4 Å². The molecule has 1 aliphatic rings. The van der Waals surface area contributed by atoms with E-state index in [-0.39, 0.29) is 5.41 Å². The average Bonchev–Trinajstić information content (AvgIpc) is 2.93. The molecule has 232 valence electrons. The van der Waals surface area contributed by atoms with E-state index in [0.29, 0.717) is 24.4 Å². The standard InChI is InChI=1S/C35H48N4O4/c1-23-11-10-12-24(2)31(23)42-20-19-38(9)26-13-14-28(37-21-26)27-22-36-25(3)29(32(33(40)41)43-34(4,5)6)30(27)39-17-15-35(7,8)16-18-39/h10-14,21-22,32H,15-20H2,1-9H3,(H,40,41)/t32-/m0/s1. The third-order valence-electron chi connectivity index (χ3n) is 8.22. The average molecular weight is 589 g/mol. The van der Waals surface area contributed by atoms with Gasteiger partial charge in [0.05, 0.1) is 35.4 Å². The Hall–Kier alpha value is -3.65. The number of nitrogens with zero attached hydrogens (tertiary/aromatic N) is 4. The number of para-hydroxylation sites is 1. The van der Waals surface area contributed by atoms with Gasteiger partial charge in [-0.25, -0.2) is 4.79 Å². The van der Waals surface area contributed by atoms with Gasteiger partial charge in [0.25, 0.3) is 0 Å². The van der Waals surface area contributed by atoms with Crippen molar-refractivity contribution in [3.63, 3.8) is 0 Å². The molecule has 1 saturated heterocycles. The fourth-order valence-electron chi connectivity index (χ4n) is 5.58. The fraction of sp³-hybridized carbons (Fsp3) is 0.514. The zero-order valence-corrected chi connectivity index (χ0v) is 27.3. The topological polar surface area (TPSA) is 88.0 Å². The molecular weight excluding hydrogens is 540 g/mol. The number of hydrogen-bond donors (Lipinski definition) is 1. The molecule has 3 heterocycles. The van der Waals surface area contributed by atoms with E-state index < -0.39 is 17.7 Å². The minimum absolute atomic E-state index is 0.235. The van der Waals surface area contributed by atoms with Gasteiger partial charge in [0, 0.05) is 43.2 Å². The molecule has 8 nitrogen and oxygen atoms in total. The van der Waals surface area contributed by atoms with Gasteiger partial charge in [0.2, 0.25) is 0 Å². The highest BCUT2D eigenvalue weighted by Gasteiger charge is 2.36. The van der Waals surface area contributed by atoms with Crippen LogP contribution in [0.4, 0.5) is 11.4 Å². The minimum Gasteiger partial charge on any atom is -0.491 e. The maximum Gasteiger partial charge on any atom is 0.337 e. The molecule has 1 aromatic carbocycles. The molecule has 8 heteroatoms. The van der Waals surface area contributed by atoms with Gasteiger partial charge in [0.1, 0.15) is 12.4 Å². The lowest BCUT2D eigenvalue weighted by molar-refractivity contribution is -0.160. The van der Waals surface area contributed by atoms with Gasteiger partial charge in [-0.05, 0) is 83.1 Å². The van der Waals surface area contributed by atoms with Crippen LogP contribution >= 0.6 is 0 Å². The molecule has 3 aromatic rings. The molecule has 2 aromatic heterocycles.